The van der Waals surface area contributed by atoms with E-state index in [4.69, 9.17) is 0 Å². The second-order valence-corrected chi connectivity index (χ2v) is 8.12. The summed E-state index contributed by atoms with van der Waals surface area (Å²) in [6.07, 6.45) is 11.6. The van der Waals surface area contributed by atoms with E-state index in [1.54, 1.807) is 23.7 Å². The monoisotopic (exact) mass is 441 g/mol. The SMILES string of the molecule is CC.CC(=O)c1cnn2ccc(N3CCCC3)nc12.CC(C)C1CC1.Fc1cccnc1. The number of pyridine rings is 1. The Labute approximate surface area is 190 Å². The predicted molar refractivity (Wildman–Crippen MR) is 128 cm³/mol. The van der Waals surface area contributed by atoms with Crippen LogP contribution in [0.3, 0.4) is 0 Å². The quantitative estimate of drug-likeness (QED) is 0.478. The van der Waals surface area contributed by atoms with Crippen LogP contribution in [0.25, 0.3) is 5.65 Å². The second kappa shape index (κ2) is 12.9. The minimum atomic E-state index is -0.289. The molecule has 7 heteroatoms. The Kier molecular flexibility index (Phi) is 10.2. The summed E-state index contributed by atoms with van der Waals surface area (Å²) in [5, 5.41) is 4.12. The highest BCUT2D eigenvalue weighted by molar-refractivity contribution is 5.99. The van der Waals surface area contributed by atoms with Gasteiger partial charge in [0.05, 0.1) is 18.0 Å². The summed E-state index contributed by atoms with van der Waals surface area (Å²) in [5.41, 5.74) is 1.24. The Morgan fingerprint density at radius 3 is 2.25 bits per heavy atom. The van der Waals surface area contributed by atoms with Crippen molar-refractivity contribution in [3.05, 3.63) is 54.4 Å². The van der Waals surface area contributed by atoms with Gasteiger partial charge in [-0.25, -0.2) is 13.9 Å². The summed E-state index contributed by atoms with van der Waals surface area (Å²) in [5.74, 6) is 2.72. The van der Waals surface area contributed by atoms with Crippen LogP contribution in [0.2, 0.25) is 0 Å². The molecule has 3 aromatic heterocycles. The van der Waals surface area contributed by atoms with E-state index in [1.807, 2.05) is 26.1 Å². The Balaban J connectivity index is 0.000000199. The van der Waals surface area contributed by atoms with E-state index >= 15 is 0 Å². The van der Waals surface area contributed by atoms with E-state index < -0.39 is 0 Å². The topological polar surface area (TPSA) is 63.4 Å². The van der Waals surface area contributed by atoms with Gasteiger partial charge in [-0.15, -0.1) is 0 Å². The number of halogens is 1. The fraction of sp³-hybridized carbons (Fsp3) is 0.520. The maximum atomic E-state index is 11.8. The average Bonchev–Trinajstić information content (AvgIpc) is 3.35. The summed E-state index contributed by atoms with van der Waals surface area (Å²) in [4.78, 5) is 21.7. The summed E-state index contributed by atoms with van der Waals surface area (Å²) >= 11 is 0. The van der Waals surface area contributed by atoms with Gasteiger partial charge in [0.1, 0.15) is 11.6 Å². The molecule has 6 nitrogen and oxygen atoms in total. The van der Waals surface area contributed by atoms with E-state index in [0.717, 1.165) is 30.7 Å². The molecule has 0 spiro atoms. The molecule has 0 unspecified atom stereocenters. The van der Waals surface area contributed by atoms with Crippen LogP contribution < -0.4 is 4.90 Å². The van der Waals surface area contributed by atoms with E-state index in [0.29, 0.717) is 11.2 Å². The van der Waals surface area contributed by atoms with Crippen LogP contribution in [0.4, 0.5) is 10.2 Å². The molecule has 0 amide bonds. The van der Waals surface area contributed by atoms with E-state index in [2.05, 4.69) is 33.8 Å². The molecule has 0 N–H and O–H groups in total. The van der Waals surface area contributed by atoms with E-state index in [9.17, 15) is 9.18 Å². The highest BCUT2D eigenvalue weighted by atomic mass is 19.1. The van der Waals surface area contributed by atoms with Gasteiger partial charge in [-0.1, -0.05) is 27.7 Å². The van der Waals surface area contributed by atoms with E-state index in [1.165, 1.54) is 44.1 Å². The number of carbonyl (C=O) groups is 1. The molecule has 1 saturated heterocycles. The predicted octanol–water partition coefficient (Wildman–Crippen LogP) is 5.83. The molecule has 1 saturated carbocycles. The second-order valence-electron chi connectivity index (χ2n) is 8.12. The van der Waals surface area contributed by atoms with Gasteiger partial charge in [0.2, 0.25) is 0 Å². The first-order chi connectivity index (χ1) is 15.5. The zero-order chi connectivity index (χ0) is 23.5. The Morgan fingerprint density at radius 2 is 1.81 bits per heavy atom. The van der Waals surface area contributed by atoms with Gasteiger partial charge in [-0.2, -0.15) is 5.10 Å². The fourth-order valence-electron chi connectivity index (χ4n) is 3.33. The molecule has 2 fully saturated rings. The third-order valence-corrected chi connectivity index (χ3v) is 5.35. The van der Waals surface area contributed by atoms with Crippen molar-refractivity contribution in [3.8, 4) is 0 Å². The lowest BCUT2D eigenvalue weighted by Crippen LogP contribution is -2.19. The lowest BCUT2D eigenvalue weighted by Gasteiger charge is -2.15. The number of carbonyl (C=O) groups excluding carboxylic acids is 1. The molecule has 1 aliphatic heterocycles. The van der Waals surface area contributed by atoms with Crippen molar-refractivity contribution in [2.24, 2.45) is 11.8 Å². The van der Waals surface area contributed by atoms with Crippen LogP contribution in [0.15, 0.2) is 43.0 Å². The largest absolute Gasteiger partial charge is 0.357 e. The fourth-order valence-corrected chi connectivity index (χ4v) is 3.33. The minimum absolute atomic E-state index is 0.00562. The van der Waals surface area contributed by atoms with Crippen LogP contribution in [-0.4, -0.2) is 38.5 Å². The molecule has 0 radical (unpaired) electrons. The Morgan fingerprint density at radius 1 is 1.12 bits per heavy atom. The van der Waals surface area contributed by atoms with Gasteiger partial charge in [0, 0.05) is 25.5 Å². The highest BCUT2D eigenvalue weighted by Gasteiger charge is 2.24. The molecule has 2 aliphatic rings. The van der Waals surface area contributed by atoms with Crippen molar-refractivity contribution in [3.63, 3.8) is 0 Å². The van der Waals surface area contributed by atoms with Gasteiger partial charge in [0.15, 0.2) is 11.4 Å². The molecule has 0 atom stereocenters. The molecule has 1 aliphatic carbocycles. The van der Waals surface area contributed by atoms with Gasteiger partial charge in [-0.05, 0) is 62.6 Å². The molecule has 174 valence electrons. The van der Waals surface area contributed by atoms with Crippen LogP contribution in [0.5, 0.6) is 0 Å². The number of hydrogen-bond acceptors (Lipinski definition) is 5. The third-order valence-electron chi connectivity index (χ3n) is 5.35. The summed E-state index contributed by atoms with van der Waals surface area (Å²) in [6, 6.07) is 4.86. The lowest BCUT2D eigenvalue weighted by atomic mass is 10.1. The molecular weight excluding hydrogens is 405 g/mol. The molecule has 5 rings (SSSR count). The van der Waals surface area contributed by atoms with Gasteiger partial charge in [-0.3, -0.25) is 9.78 Å². The lowest BCUT2D eigenvalue weighted by molar-refractivity contribution is 0.101. The molecular formula is C25H36FN5O. The zero-order valence-electron chi connectivity index (χ0n) is 20.0. The normalized spacial score (nSPS) is 14.7. The van der Waals surface area contributed by atoms with Crippen LogP contribution in [0, 0.1) is 17.7 Å². The van der Waals surface area contributed by atoms with Crippen molar-refractivity contribution in [2.75, 3.05) is 18.0 Å². The van der Waals surface area contributed by atoms with E-state index in [-0.39, 0.29) is 11.6 Å². The number of rotatable bonds is 3. The molecule has 32 heavy (non-hydrogen) atoms. The maximum Gasteiger partial charge on any atom is 0.168 e. The first-order valence-electron chi connectivity index (χ1n) is 11.6. The number of ketones is 1. The molecule has 0 bridgehead atoms. The number of aromatic nitrogens is 4. The first kappa shape index (κ1) is 25.4. The maximum absolute atomic E-state index is 11.8. The summed E-state index contributed by atoms with van der Waals surface area (Å²) < 4.78 is 13.5. The minimum Gasteiger partial charge on any atom is -0.357 e. The Bertz CT molecular complexity index is 947. The summed E-state index contributed by atoms with van der Waals surface area (Å²) in [7, 11) is 0. The smallest absolute Gasteiger partial charge is 0.168 e. The average molecular weight is 442 g/mol. The van der Waals surface area contributed by atoms with Crippen molar-refractivity contribution in [2.45, 2.75) is 60.3 Å². The molecule has 0 aromatic carbocycles. The first-order valence-corrected chi connectivity index (χ1v) is 11.6. The molecule has 3 aromatic rings. The summed E-state index contributed by atoms with van der Waals surface area (Å²) in [6.45, 7) is 12.2. The Hall–Kier alpha value is -2.83. The highest BCUT2D eigenvalue weighted by Crippen LogP contribution is 2.35. The van der Waals surface area contributed by atoms with Gasteiger partial charge >= 0.3 is 0 Å². The van der Waals surface area contributed by atoms with Gasteiger partial charge in [0.25, 0.3) is 0 Å². The third kappa shape index (κ3) is 7.70. The number of hydrogen-bond donors (Lipinski definition) is 0. The van der Waals surface area contributed by atoms with Crippen molar-refractivity contribution < 1.29 is 9.18 Å². The van der Waals surface area contributed by atoms with Crippen molar-refractivity contribution in [1.29, 1.82) is 0 Å². The van der Waals surface area contributed by atoms with Crippen LogP contribution in [0.1, 0.15) is 70.7 Å². The standard InChI is InChI=1S/C12H14N4O.C6H12.C5H4FN.C2H6/c1-9(17)10-8-13-16-7-4-11(14-12(10)16)15-5-2-3-6-15;1-5(2)6-3-4-6;6-5-2-1-3-7-4-5;1-2/h4,7-8H,2-3,5-6H2,1H3;5-6H,3-4H2,1-2H3;1-4H;1-2H3. The number of Topliss-reactive ketones (excluding diaryl/α,β-unsaturated/α-hetero) is 1. The van der Waals surface area contributed by atoms with Crippen molar-refractivity contribution in [1.82, 2.24) is 19.6 Å². The zero-order valence-corrected chi connectivity index (χ0v) is 20.0. The molecule has 4 heterocycles. The van der Waals surface area contributed by atoms with Crippen LogP contribution >= 0.6 is 0 Å². The van der Waals surface area contributed by atoms with Gasteiger partial charge < -0.3 is 4.90 Å². The number of nitrogens with zero attached hydrogens (tertiary/aromatic N) is 5. The number of anilines is 1. The van der Waals surface area contributed by atoms with Crippen molar-refractivity contribution >= 4 is 17.2 Å². The number of fused-ring (bicyclic) bond motifs is 1. The van der Waals surface area contributed by atoms with Crippen LogP contribution in [-0.2, 0) is 0 Å².